The van der Waals surface area contributed by atoms with Crippen LogP contribution in [0.15, 0.2) is 84.9 Å². The van der Waals surface area contributed by atoms with Gasteiger partial charge in [-0.3, -0.25) is 4.79 Å². The summed E-state index contributed by atoms with van der Waals surface area (Å²) >= 11 is 0. The number of nitrogens with one attached hydrogen (secondary N) is 1. The molecule has 156 valence electrons. The van der Waals surface area contributed by atoms with Crippen molar-refractivity contribution < 1.29 is 9.90 Å². The Morgan fingerprint density at radius 2 is 1.65 bits per heavy atom. The molecule has 0 radical (unpaired) electrons. The molecule has 4 aromatic rings. The first-order valence-corrected chi connectivity index (χ1v) is 10.7. The van der Waals surface area contributed by atoms with Crippen LogP contribution in [0.3, 0.4) is 0 Å². The molecule has 0 aliphatic carbocycles. The van der Waals surface area contributed by atoms with Gasteiger partial charge >= 0.3 is 0 Å². The molecule has 4 rings (SSSR count). The molecule has 1 atom stereocenters. The molecule has 0 saturated carbocycles. The lowest BCUT2D eigenvalue weighted by Gasteiger charge is -2.18. The summed E-state index contributed by atoms with van der Waals surface area (Å²) in [4.78, 5) is 13.2. The SMILES string of the molecule is Cc1ccc(-c2cccc(CCO)c2)cc1C(=O)N[C@H](C)c1cccc2ccccc12. The zero-order valence-corrected chi connectivity index (χ0v) is 17.9. The van der Waals surface area contributed by atoms with Crippen LogP contribution in [0, 0.1) is 6.92 Å². The zero-order valence-electron chi connectivity index (χ0n) is 17.9. The van der Waals surface area contributed by atoms with Gasteiger partial charge in [-0.2, -0.15) is 0 Å². The van der Waals surface area contributed by atoms with Crippen LogP contribution in [0.4, 0.5) is 0 Å². The predicted molar refractivity (Wildman–Crippen MR) is 127 cm³/mol. The molecule has 1 amide bonds. The fourth-order valence-electron chi connectivity index (χ4n) is 4.06. The number of aryl methyl sites for hydroxylation is 1. The van der Waals surface area contributed by atoms with Crippen LogP contribution in [0.25, 0.3) is 21.9 Å². The van der Waals surface area contributed by atoms with Gasteiger partial charge in [0.15, 0.2) is 0 Å². The number of fused-ring (bicyclic) bond motifs is 1. The standard InChI is InChI=1S/C28H27NO2/c1-19-13-14-24(23-10-5-7-21(17-23)15-16-30)18-27(19)28(31)29-20(2)25-12-6-9-22-8-3-4-11-26(22)25/h3-14,17-18,20,30H,15-16H2,1-2H3,(H,29,31)/t20-/m1/s1. The van der Waals surface area contributed by atoms with Crippen LogP contribution >= 0.6 is 0 Å². The molecule has 0 fully saturated rings. The Morgan fingerprint density at radius 1 is 0.903 bits per heavy atom. The monoisotopic (exact) mass is 409 g/mol. The Kier molecular flexibility index (Phi) is 6.15. The number of carbonyl (C=O) groups excluding carboxylic acids is 1. The van der Waals surface area contributed by atoms with Gasteiger partial charge in [-0.05, 0) is 64.9 Å². The first kappa shape index (κ1) is 20.8. The smallest absolute Gasteiger partial charge is 0.252 e. The summed E-state index contributed by atoms with van der Waals surface area (Å²) in [5.74, 6) is -0.0775. The summed E-state index contributed by atoms with van der Waals surface area (Å²) in [6.45, 7) is 4.11. The summed E-state index contributed by atoms with van der Waals surface area (Å²) in [6, 6.07) is 28.4. The summed E-state index contributed by atoms with van der Waals surface area (Å²) in [6.07, 6.45) is 0.621. The maximum atomic E-state index is 13.2. The highest BCUT2D eigenvalue weighted by atomic mass is 16.3. The molecule has 3 heteroatoms. The third kappa shape index (κ3) is 4.52. The second-order valence-corrected chi connectivity index (χ2v) is 7.97. The largest absolute Gasteiger partial charge is 0.396 e. The van der Waals surface area contributed by atoms with Crippen LogP contribution < -0.4 is 5.32 Å². The summed E-state index contributed by atoms with van der Waals surface area (Å²) in [5, 5.41) is 14.7. The fourth-order valence-corrected chi connectivity index (χ4v) is 4.06. The Labute approximate surface area is 183 Å². The normalized spacial score (nSPS) is 12.0. The molecule has 0 bridgehead atoms. The van der Waals surface area contributed by atoms with Crippen molar-refractivity contribution in [3.63, 3.8) is 0 Å². The number of hydrogen-bond acceptors (Lipinski definition) is 2. The number of benzene rings is 4. The van der Waals surface area contributed by atoms with E-state index in [4.69, 9.17) is 0 Å². The van der Waals surface area contributed by atoms with Gasteiger partial charge in [-0.15, -0.1) is 0 Å². The molecule has 0 aliphatic rings. The molecular weight excluding hydrogens is 382 g/mol. The second-order valence-electron chi connectivity index (χ2n) is 7.97. The number of aliphatic hydroxyl groups excluding tert-OH is 1. The van der Waals surface area contributed by atoms with Crippen LogP contribution in [-0.2, 0) is 6.42 Å². The summed E-state index contributed by atoms with van der Waals surface area (Å²) < 4.78 is 0. The van der Waals surface area contributed by atoms with E-state index in [-0.39, 0.29) is 18.6 Å². The van der Waals surface area contributed by atoms with Gasteiger partial charge in [-0.1, -0.05) is 78.9 Å². The van der Waals surface area contributed by atoms with Gasteiger partial charge in [0, 0.05) is 12.2 Å². The summed E-state index contributed by atoms with van der Waals surface area (Å²) in [5.41, 5.74) is 5.85. The van der Waals surface area contributed by atoms with Crippen molar-refractivity contribution in [2.75, 3.05) is 6.61 Å². The molecular formula is C28H27NO2. The lowest BCUT2D eigenvalue weighted by molar-refractivity contribution is 0.0939. The van der Waals surface area contributed by atoms with E-state index in [9.17, 15) is 9.90 Å². The minimum Gasteiger partial charge on any atom is -0.396 e. The third-order valence-corrected chi connectivity index (χ3v) is 5.78. The van der Waals surface area contributed by atoms with Crippen LogP contribution in [0.2, 0.25) is 0 Å². The number of carbonyl (C=O) groups is 1. The minimum atomic E-state index is -0.116. The van der Waals surface area contributed by atoms with Crippen molar-refractivity contribution >= 4 is 16.7 Å². The van der Waals surface area contributed by atoms with Gasteiger partial charge in [0.25, 0.3) is 5.91 Å². The average molecular weight is 410 g/mol. The second kappa shape index (κ2) is 9.15. The molecule has 0 unspecified atom stereocenters. The van der Waals surface area contributed by atoms with Gasteiger partial charge in [0.2, 0.25) is 0 Å². The molecule has 0 aromatic heterocycles. The minimum absolute atomic E-state index is 0.0775. The van der Waals surface area contributed by atoms with E-state index in [1.54, 1.807) is 0 Å². The lowest BCUT2D eigenvalue weighted by Crippen LogP contribution is -2.27. The summed E-state index contributed by atoms with van der Waals surface area (Å²) in [7, 11) is 0. The highest BCUT2D eigenvalue weighted by molar-refractivity contribution is 5.97. The Hall–Kier alpha value is -3.43. The molecule has 2 N–H and O–H groups in total. The van der Waals surface area contributed by atoms with E-state index >= 15 is 0 Å². The first-order valence-electron chi connectivity index (χ1n) is 10.7. The highest BCUT2D eigenvalue weighted by Gasteiger charge is 2.16. The maximum absolute atomic E-state index is 13.2. The molecule has 4 aromatic carbocycles. The molecule has 0 saturated heterocycles. The Balaban J connectivity index is 1.61. The van der Waals surface area contributed by atoms with E-state index in [0.29, 0.717) is 12.0 Å². The van der Waals surface area contributed by atoms with Crippen LogP contribution in [-0.4, -0.2) is 17.6 Å². The van der Waals surface area contributed by atoms with Crippen LogP contribution in [0.5, 0.6) is 0 Å². The van der Waals surface area contributed by atoms with Crippen molar-refractivity contribution in [1.29, 1.82) is 0 Å². The molecule has 0 heterocycles. The lowest BCUT2D eigenvalue weighted by atomic mass is 9.96. The van der Waals surface area contributed by atoms with E-state index < -0.39 is 0 Å². The van der Waals surface area contributed by atoms with Crippen molar-refractivity contribution in [3.05, 3.63) is 107 Å². The van der Waals surface area contributed by atoms with Crippen molar-refractivity contribution in [1.82, 2.24) is 5.32 Å². The first-order chi connectivity index (χ1) is 15.1. The predicted octanol–water partition coefficient (Wildman–Crippen LogP) is 5.84. The topological polar surface area (TPSA) is 49.3 Å². The molecule has 0 aliphatic heterocycles. The van der Waals surface area contributed by atoms with Gasteiger partial charge in [0.1, 0.15) is 0 Å². The van der Waals surface area contributed by atoms with Crippen molar-refractivity contribution in [2.45, 2.75) is 26.3 Å². The van der Waals surface area contributed by atoms with E-state index in [2.05, 4.69) is 35.6 Å². The zero-order chi connectivity index (χ0) is 21.8. The van der Waals surface area contributed by atoms with E-state index in [1.807, 2.05) is 68.4 Å². The molecule has 31 heavy (non-hydrogen) atoms. The quantitative estimate of drug-likeness (QED) is 0.420. The van der Waals surface area contributed by atoms with Gasteiger partial charge in [0.05, 0.1) is 6.04 Å². The van der Waals surface area contributed by atoms with E-state index in [0.717, 1.165) is 33.2 Å². The van der Waals surface area contributed by atoms with Gasteiger partial charge in [-0.25, -0.2) is 0 Å². The Bertz CT molecular complexity index is 1220. The molecule has 3 nitrogen and oxygen atoms in total. The average Bonchev–Trinajstić information content (AvgIpc) is 2.79. The maximum Gasteiger partial charge on any atom is 0.252 e. The fraction of sp³-hybridized carbons (Fsp3) is 0.179. The molecule has 0 spiro atoms. The number of aliphatic hydroxyl groups is 1. The third-order valence-electron chi connectivity index (χ3n) is 5.78. The number of rotatable bonds is 6. The highest BCUT2D eigenvalue weighted by Crippen LogP contribution is 2.26. The Morgan fingerprint density at radius 3 is 2.48 bits per heavy atom. The van der Waals surface area contributed by atoms with Gasteiger partial charge < -0.3 is 10.4 Å². The van der Waals surface area contributed by atoms with Crippen molar-refractivity contribution in [3.8, 4) is 11.1 Å². The van der Waals surface area contributed by atoms with E-state index in [1.165, 1.54) is 5.39 Å². The van der Waals surface area contributed by atoms with Crippen molar-refractivity contribution in [2.24, 2.45) is 0 Å². The van der Waals surface area contributed by atoms with Crippen LogP contribution in [0.1, 0.15) is 40.0 Å². The number of amides is 1. The number of hydrogen-bond donors (Lipinski definition) is 2.